The molecule has 2 heterocycles. The molecule has 23 heavy (non-hydrogen) atoms. The summed E-state index contributed by atoms with van der Waals surface area (Å²) in [4.78, 5) is 14.3. The summed E-state index contributed by atoms with van der Waals surface area (Å²) in [6, 6.07) is 0.0575. The average Bonchev–Trinajstić information content (AvgIpc) is 2.52. The van der Waals surface area contributed by atoms with Gasteiger partial charge in [0.05, 0.1) is 23.7 Å². The van der Waals surface area contributed by atoms with Crippen LogP contribution in [0.2, 0.25) is 0 Å². The van der Waals surface area contributed by atoms with Gasteiger partial charge in [0, 0.05) is 32.1 Å². The van der Waals surface area contributed by atoms with Gasteiger partial charge in [-0.25, -0.2) is 8.42 Å². The lowest BCUT2D eigenvalue weighted by molar-refractivity contribution is -0.133. The Bertz CT molecular complexity index is 514. The lowest BCUT2D eigenvalue weighted by Gasteiger charge is -2.44. The number of hydrogen-bond donors (Lipinski definition) is 1. The van der Waals surface area contributed by atoms with Gasteiger partial charge in [0.15, 0.2) is 9.84 Å². The Hall–Kier alpha value is -0.370. The third kappa shape index (κ3) is 4.00. The van der Waals surface area contributed by atoms with E-state index in [2.05, 4.69) is 5.32 Å². The van der Waals surface area contributed by atoms with E-state index in [0.717, 1.165) is 25.8 Å². The zero-order valence-electron chi connectivity index (χ0n) is 13.5. The second kappa shape index (κ2) is 7.68. The van der Waals surface area contributed by atoms with Crippen molar-refractivity contribution in [2.75, 3.05) is 38.6 Å². The van der Waals surface area contributed by atoms with Gasteiger partial charge in [0.25, 0.3) is 0 Å². The van der Waals surface area contributed by atoms with Gasteiger partial charge in [-0.2, -0.15) is 0 Å². The van der Waals surface area contributed by atoms with Crippen LogP contribution in [0.25, 0.3) is 0 Å². The monoisotopic (exact) mass is 366 g/mol. The molecule has 0 aromatic heterocycles. The van der Waals surface area contributed by atoms with Gasteiger partial charge >= 0.3 is 0 Å². The highest BCUT2D eigenvalue weighted by atomic mass is 35.5. The Morgan fingerprint density at radius 2 is 2.00 bits per heavy atom. The van der Waals surface area contributed by atoms with Crippen molar-refractivity contribution in [2.24, 2.45) is 0 Å². The smallest absolute Gasteiger partial charge is 0.224 e. The lowest BCUT2D eigenvalue weighted by Crippen LogP contribution is -2.59. The van der Waals surface area contributed by atoms with Crippen LogP contribution in [0.1, 0.15) is 38.5 Å². The van der Waals surface area contributed by atoms with Gasteiger partial charge in [-0.3, -0.25) is 4.79 Å². The summed E-state index contributed by atoms with van der Waals surface area (Å²) in [6.07, 6.45) is 4.84. The van der Waals surface area contributed by atoms with Crippen molar-refractivity contribution in [1.29, 1.82) is 0 Å². The van der Waals surface area contributed by atoms with Crippen molar-refractivity contribution in [3.8, 4) is 0 Å². The van der Waals surface area contributed by atoms with E-state index in [1.54, 1.807) is 4.90 Å². The second-order valence-electron chi connectivity index (χ2n) is 6.81. The summed E-state index contributed by atoms with van der Waals surface area (Å²) in [5.41, 5.74) is 0. The molecule has 2 saturated heterocycles. The largest absolute Gasteiger partial charge is 0.378 e. The molecule has 1 unspecified atom stereocenters. The number of morpholine rings is 1. The fraction of sp³-hybridized carbons (Fsp3) is 0.933. The first-order chi connectivity index (χ1) is 10.5. The summed E-state index contributed by atoms with van der Waals surface area (Å²) in [5, 5.41) is 3.29. The quantitative estimate of drug-likeness (QED) is 0.780. The third-order valence-electron chi connectivity index (χ3n) is 5.31. The Balaban J connectivity index is 0.00000192. The maximum absolute atomic E-state index is 12.5. The summed E-state index contributed by atoms with van der Waals surface area (Å²) in [7, 11) is -3.08. The molecule has 3 rings (SSSR count). The van der Waals surface area contributed by atoms with Gasteiger partial charge in [-0.05, 0) is 12.8 Å². The van der Waals surface area contributed by atoms with Crippen molar-refractivity contribution in [1.82, 2.24) is 10.2 Å². The molecule has 1 spiro atoms. The van der Waals surface area contributed by atoms with Crippen molar-refractivity contribution in [2.45, 2.75) is 49.3 Å². The number of rotatable bonds is 2. The van der Waals surface area contributed by atoms with Crippen LogP contribution in [-0.2, 0) is 19.4 Å². The van der Waals surface area contributed by atoms with Crippen LogP contribution in [-0.4, -0.2) is 68.6 Å². The zero-order valence-corrected chi connectivity index (χ0v) is 15.1. The number of sulfone groups is 1. The molecular weight excluding hydrogens is 340 g/mol. The van der Waals surface area contributed by atoms with Crippen molar-refractivity contribution in [3.63, 3.8) is 0 Å². The highest BCUT2D eigenvalue weighted by Crippen LogP contribution is 2.38. The number of nitrogens with one attached hydrogen (secondary N) is 1. The number of hydrogen-bond acceptors (Lipinski definition) is 5. The Morgan fingerprint density at radius 3 is 2.65 bits per heavy atom. The molecule has 3 aliphatic rings. The van der Waals surface area contributed by atoms with E-state index >= 15 is 0 Å². The molecule has 134 valence electrons. The first-order valence-corrected chi connectivity index (χ1v) is 9.99. The minimum Gasteiger partial charge on any atom is -0.378 e. The van der Waals surface area contributed by atoms with E-state index in [4.69, 9.17) is 4.74 Å². The van der Waals surface area contributed by atoms with Gasteiger partial charge in [-0.1, -0.05) is 19.3 Å². The lowest BCUT2D eigenvalue weighted by atomic mass is 9.87. The topological polar surface area (TPSA) is 75.7 Å². The van der Waals surface area contributed by atoms with Gasteiger partial charge in [0.2, 0.25) is 5.91 Å². The minimum atomic E-state index is -3.08. The molecule has 8 heteroatoms. The fourth-order valence-electron chi connectivity index (χ4n) is 3.94. The van der Waals surface area contributed by atoms with Crippen LogP contribution in [0.15, 0.2) is 0 Å². The standard InChI is InChI=1S/C15H26N2O4S.ClH/c18-14(10-13-11-21-8-6-16-13)17-7-9-22(19,20)15(12-17)4-2-1-3-5-15;/h13,16H,1-12H2;1H. The van der Waals surface area contributed by atoms with E-state index < -0.39 is 14.6 Å². The maximum atomic E-state index is 12.5. The van der Waals surface area contributed by atoms with Gasteiger partial charge in [-0.15, -0.1) is 12.4 Å². The van der Waals surface area contributed by atoms with Crippen molar-refractivity contribution >= 4 is 28.2 Å². The van der Waals surface area contributed by atoms with Crippen LogP contribution in [0, 0.1) is 0 Å². The summed E-state index contributed by atoms with van der Waals surface area (Å²) in [6.45, 7) is 2.76. The fourth-order valence-corrected chi connectivity index (χ4v) is 6.10. The predicted molar refractivity (Wildman–Crippen MR) is 90.7 cm³/mol. The van der Waals surface area contributed by atoms with E-state index in [-0.39, 0.29) is 30.1 Å². The van der Waals surface area contributed by atoms with Crippen LogP contribution in [0.4, 0.5) is 0 Å². The van der Waals surface area contributed by atoms with Crippen LogP contribution < -0.4 is 5.32 Å². The summed E-state index contributed by atoms with van der Waals surface area (Å²) >= 11 is 0. The number of amides is 1. The van der Waals surface area contributed by atoms with E-state index in [1.165, 1.54) is 0 Å². The second-order valence-corrected chi connectivity index (χ2v) is 9.31. The SMILES string of the molecule is Cl.O=C(CC1COCCN1)N1CCS(=O)(=O)C2(CCCCC2)C1. The van der Waals surface area contributed by atoms with Gasteiger partial charge in [0.1, 0.15) is 0 Å². The van der Waals surface area contributed by atoms with E-state index in [9.17, 15) is 13.2 Å². The number of halogens is 1. The Kier molecular flexibility index (Phi) is 6.33. The maximum Gasteiger partial charge on any atom is 0.224 e. The highest BCUT2D eigenvalue weighted by Gasteiger charge is 2.49. The first kappa shape index (κ1) is 19.0. The summed E-state index contributed by atoms with van der Waals surface area (Å²) < 4.78 is 29.8. The molecule has 0 bridgehead atoms. The Labute approximate surface area is 144 Å². The van der Waals surface area contributed by atoms with Gasteiger partial charge < -0.3 is 15.0 Å². The van der Waals surface area contributed by atoms with Crippen LogP contribution in [0.3, 0.4) is 0 Å². The molecule has 2 aliphatic heterocycles. The van der Waals surface area contributed by atoms with E-state index in [0.29, 0.717) is 45.6 Å². The molecule has 0 radical (unpaired) electrons. The van der Waals surface area contributed by atoms with E-state index in [1.807, 2.05) is 0 Å². The number of ether oxygens (including phenoxy) is 1. The van der Waals surface area contributed by atoms with Crippen LogP contribution >= 0.6 is 12.4 Å². The number of carbonyl (C=O) groups excluding carboxylic acids is 1. The van der Waals surface area contributed by atoms with Crippen molar-refractivity contribution < 1.29 is 17.9 Å². The highest BCUT2D eigenvalue weighted by molar-refractivity contribution is 7.92. The third-order valence-corrected chi connectivity index (χ3v) is 7.88. The molecule has 1 aliphatic carbocycles. The minimum absolute atomic E-state index is 0. The predicted octanol–water partition coefficient (Wildman–Crippen LogP) is 0.747. The molecule has 1 amide bonds. The summed E-state index contributed by atoms with van der Waals surface area (Å²) in [5.74, 6) is 0.177. The Morgan fingerprint density at radius 1 is 1.26 bits per heavy atom. The average molecular weight is 367 g/mol. The normalized spacial score (nSPS) is 29.7. The number of nitrogens with zero attached hydrogens (tertiary/aromatic N) is 1. The van der Waals surface area contributed by atoms with Crippen molar-refractivity contribution in [3.05, 3.63) is 0 Å². The first-order valence-electron chi connectivity index (χ1n) is 8.34. The molecule has 3 fully saturated rings. The molecule has 1 atom stereocenters. The molecule has 1 saturated carbocycles. The van der Waals surface area contributed by atoms with Crippen LogP contribution in [0.5, 0.6) is 0 Å². The molecular formula is C15H27ClN2O4S. The number of carbonyl (C=O) groups is 1. The molecule has 0 aromatic rings. The molecule has 0 aromatic carbocycles. The zero-order chi connectivity index (χ0) is 15.6. The molecule has 1 N–H and O–H groups in total. The molecule has 6 nitrogen and oxygen atoms in total.